The third-order valence-corrected chi connectivity index (χ3v) is 6.68. The third-order valence-electron chi connectivity index (χ3n) is 6.28. The van der Waals surface area contributed by atoms with Crippen molar-refractivity contribution in [1.29, 1.82) is 0 Å². The van der Waals surface area contributed by atoms with Gasteiger partial charge in [-0.1, -0.05) is 24.1 Å². The van der Waals surface area contributed by atoms with Crippen LogP contribution in [-0.4, -0.2) is 58.5 Å². The molecule has 4 heterocycles. The average molecular weight is 480 g/mol. The van der Waals surface area contributed by atoms with Crippen LogP contribution in [0.5, 0.6) is 5.75 Å². The summed E-state index contributed by atoms with van der Waals surface area (Å²) in [5.41, 5.74) is -0.776. The molecule has 3 aliphatic heterocycles. The minimum atomic E-state index is -4.67. The van der Waals surface area contributed by atoms with Crippen LogP contribution in [0.1, 0.15) is 40.9 Å². The Kier molecular flexibility index (Phi) is 5.44. The van der Waals surface area contributed by atoms with Crippen molar-refractivity contribution in [3.63, 3.8) is 0 Å². The van der Waals surface area contributed by atoms with E-state index >= 15 is 0 Å². The van der Waals surface area contributed by atoms with Crippen LogP contribution in [0.2, 0.25) is 5.02 Å². The first-order chi connectivity index (χ1) is 15.8. The van der Waals surface area contributed by atoms with Crippen molar-refractivity contribution in [2.75, 3.05) is 13.7 Å². The fourth-order valence-corrected chi connectivity index (χ4v) is 5.11. The van der Waals surface area contributed by atoms with Crippen molar-refractivity contribution in [2.24, 2.45) is 5.10 Å². The lowest BCUT2D eigenvalue weighted by Gasteiger charge is -2.47. The minimum Gasteiger partial charge on any atom is -0.497 e. The lowest BCUT2D eigenvalue weighted by atomic mass is 9.91. The molecule has 3 atom stereocenters. The molecule has 3 aliphatic rings. The lowest BCUT2D eigenvalue weighted by Crippen LogP contribution is -2.67. The Morgan fingerprint density at radius 1 is 1.27 bits per heavy atom. The number of benzene rings is 1. The number of nitrogens with one attached hydrogen (secondary N) is 1. The summed E-state index contributed by atoms with van der Waals surface area (Å²) >= 11 is 6.07. The summed E-state index contributed by atoms with van der Waals surface area (Å²) in [4.78, 5) is 19.9. The number of pyridine rings is 1. The van der Waals surface area contributed by atoms with Crippen molar-refractivity contribution in [1.82, 2.24) is 20.2 Å². The van der Waals surface area contributed by atoms with Gasteiger partial charge in [0.05, 0.1) is 23.3 Å². The first-order valence-corrected chi connectivity index (χ1v) is 11.0. The molecular weight excluding hydrogens is 459 g/mol. The highest BCUT2D eigenvalue weighted by Gasteiger charge is 2.49. The maximum atomic E-state index is 13.5. The van der Waals surface area contributed by atoms with E-state index in [0.29, 0.717) is 23.8 Å². The summed E-state index contributed by atoms with van der Waals surface area (Å²) < 4.78 is 45.5. The summed E-state index contributed by atoms with van der Waals surface area (Å²) in [6, 6.07) is 6.90. The fourth-order valence-electron chi connectivity index (χ4n) is 4.79. The summed E-state index contributed by atoms with van der Waals surface area (Å²) in [5.74, 6) is 0.374. The van der Waals surface area contributed by atoms with Gasteiger partial charge in [-0.3, -0.25) is 9.78 Å². The number of piperazine rings is 1. The van der Waals surface area contributed by atoms with E-state index in [1.807, 2.05) is 4.90 Å². The number of hydrazone groups is 1. The molecule has 11 heteroatoms. The molecule has 0 saturated carbocycles. The third kappa shape index (κ3) is 3.80. The highest BCUT2D eigenvalue weighted by atomic mass is 35.5. The van der Waals surface area contributed by atoms with Gasteiger partial charge in [0.1, 0.15) is 17.6 Å². The normalized spacial score (nSPS) is 24.4. The Labute approximate surface area is 193 Å². The number of amidine groups is 1. The van der Waals surface area contributed by atoms with Gasteiger partial charge in [-0.05, 0) is 31.0 Å². The van der Waals surface area contributed by atoms with Gasteiger partial charge in [-0.15, -0.1) is 5.10 Å². The maximum absolute atomic E-state index is 13.5. The van der Waals surface area contributed by atoms with Gasteiger partial charge in [0.2, 0.25) is 0 Å². The standard InChI is InChI=1S/C22H21ClF3N5O2/c1-33-13-8-9-27-17(10-13)19-29-31(20-16-7-2-4-12(28-16)11-30(19)20)21(32)14-5-3-6-15(18(14)23)22(24,25)26/h3,5-6,8-10,12,16,20,28H,2,4,7,11H2,1H3. The van der Waals surface area contributed by atoms with Crippen LogP contribution in [0, 0.1) is 0 Å². The molecule has 2 aromatic rings. The van der Waals surface area contributed by atoms with Crippen LogP contribution in [0.25, 0.3) is 0 Å². The smallest absolute Gasteiger partial charge is 0.417 e. The molecule has 0 radical (unpaired) electrons. The number of hydrogen-bond donors (Lipinski definition) is 1. The molecule has 1 aromatic carbocycles. The number of aromatic nitrogens is 1. The number of piperidine rings is 1. The van der Waals surface area contributed by atoms with Crippen LogP contribution < -0.4 is 10.1 Å². The molecular formula is C22H21ClF3N5O2. The second-order valence-electron chi connectivity index (χ2n) is 8.29. The van der Waals surface area contributed by atoms with Crippen molar-refractivity contribution in [2.45, 2.75) is 43.7 Å². The molecule has 3 unspecified atom stereocenters. The van der Waals surface area contributed by atoms with E-state index < -0.39 is 28.8 Å². The van der Waals surface area contributed by atoms with E-state index in [0.717, 1.165) is 25.3 Å². The first-order valence-electron chi connectivity index (χ1n) is 10.6. The molecule has 1 aromatic heterocycles. The van der Waals surface area contributed by atoms with Gasteiger partial charge in [0.15, 0.2) is 5.84 Å². The van der Waals surface area contributed by atoms with E-state index in [1.165, 1.54) is 17.1 Å². The molecule has 33 heavy (non-hydrogen) atoms. The molecule has 174 valence electrons. The quantitative estimate of drug-likeness (QED) is 0.726. The van der Waals surface area contributed by atoms with E-state index in [-0.39, 0.29) is 17.6 Å². The number of nitrogens with zero attached hydrogens (tertiary/aromatic N) is 4. The average Bonchev–Trinajstić information content (AvgIpc) is 3.18. The highest BCUT2D eigenvalue weighted by Crippen LogP contribution is 2.38. The molecule has 2 saturated heterocycles. The summed E-state index contributed by atoms with van der Waals surface area (Å²) in [6.07, 6.45) is -0.790. The first kappa shape index (κ1) is 22.0. The number of fused-ring (bicyclic) bond motifs is 4. The van der Waals surface area contributed by atoms with Crippen LogP contribution in [-0.2, 0) is 6.18 Å². The number of hydrogen-bond acceptors (Lipinski definition) is 6. The Bertz CT molecular complexity index is 1130. The molecule has 2 bridgehead atoms. The minimum absolute atomic E-state index is 0.0853. The Morgan fingerprint density at radius 3 is 2.85 bits per heavy atom. The molecule has 1 N–H and O–H groups in total. The SMILES string of the molecule is COc1ccnc(C2=NN(C(=O)c3cccc(C(F)(F)F)c3Cl)C3C4CCCC(CN23)N4)c1. The Balaban J connectivity index is 1.58. The second kappa shape index (κ2) is 8.18. The van der Waals surface area contributed by atoms with Gasteiger partial charge < -0.3 is 15.0 Å². The number of carbonyl (C=O) groups excluding carboxylic acids is 1. The number of alkyl halides is 3. The van der Waals surface area contributed by atoms with Gasteiger partial charge in [0, 0.05) is 30.9 Å². The maximum Gasteiger partial charge on any atom is 0.417 e. The summed E-state index contributed by atoms with van der Waals surface area (Å²) in [5, 5.41) is 8.73. The predicted molar refractivity (Wildman–Crippen MR) is 115 cm³/mol. The van der Waals surface area contributed by atoms with Crippen LogP contribution in [0.3, 0.4) is 0 Å². The number of carbonyl (C=O) groups is 1. The van der Waals surface area contributed by atoms with Crippen LogP contribution in [0.4, 0.5) is 13.2 Å². The zero-order chi connectivity index (χ0) is 23.3. The second-order valence-corrected chi connectivity index (χ2v) is 8.66. The molecule has 0 aliphatic carbocycles. The molecule has 7 nitrogen and oxygen atoms in total. The predicted octanol–water partition coefficient (Wildman–Crippen LogP) is 3.73. The zero-order valence-electron chi connectivity index (χ0n) is 17.6. The van der Waals surface area contributed by atoms with Gasteiger partial charge in [-0.2, -0.15) is 13.2 Å². The Hall–Kier alpha value is -2.85. The largest absolute Gasteiger partial charge is 0.497 e. The van der Waals surface area contributed by atoms with Gasteiger partial charge in [0.25, 0.3) is 5.91 Å². The number of amides is 1. The number of rotatable bonds is 3. The fraction of sp³-hybridized carbons (Fsp3) is 0.409. The number of halogens is 4. The van der Waals surface area contributed by atoms with Crippen molar-refractivity contribution in [3.05, 3.63) is 58.4 Å². The van der Waals surface area contributed by atoms with Gasteiger partial charge in [-0.25, -0.2) is 5.01 Å². The number of ether oxygens (including phenoxy) is 1. The van der Waals surface area contributed by atoms with Crippen molar-refractivity contribution >= 4 is 23.3 Å². The van der Waals surface area contributed by atoms with Crippen molar-refractivity contribution in [3.8, 4) is 5.75 Å². The zero-order valence-corrected chi connectivity index (χ0v) is 18.4. The molecule has 1 amide bonds. The topological polar surface area (TPSA) is 70.1 Å². The molecule has 0 spiro atoms. The Morgan fingerprint density at radius 2 is 2.09 bits per heavy atom. The van der Waals surface area contributed by atoms with E-state index in [4.69, 9.17) is 16.3 Å². The molecule has 2 fully saturated rings. The van der Waals surface area contributed by atoms with E-state index in [9.17, 15) is 18.0 Å². The van der Waals surface area contributed by atoms with E-state index in [2.05, 4.69) is 15.4 Å². The lowest BCUT2D eigenvalue weighted by molar-refractivity contribution is -0.137. The van der Waals surface area contributed by atoms with Crippen LogP contribution >= 0.6 is 11.6 Å². The van der Waals surface area contributed by atoms with Crippen LogP contribution in [0.15, 0.2) is 41.6 Å². The summed E-state index contributed by atoms with van der Waals surface area (Å²) in [6.45, 7) is 0.596. The highest BCUT2D eigenvalue weighted by molar-refractivity contribution is 6.34. The summed E-state index contributed by atoms with van der Waals surface area (Å²) in [7, 11) is 1.54. The van der Waals surface area contributed by atoms with E-state index in [1.54, 1.807) is 25.4 Å². The number of methoxy groups -OCH3 is 1. The van der Waals surface area contributed by atoms with Gasteiger partial charge >= 0.3 is 6.18 Å². The molecule has 5 rings (SSSR count). The monoisotopic (exact) mass is 479 g/mol. The van der Waals surface area contributed by atoms with Crippen molar-refractivity contribution < 1.29 is 22.7 Å².